The van der Waals surface area contributed by atoms with E-state index >= 15 is 0 Å². The van der Waals surface area contributed by atoms with Crippen molar-refractivity contribution in [2.45, 2.75) is 13.8 Å². The average molecular weight is 361 g/mol. The molecule has 1 fully saturated rings. The maximum atomic E-state index is 12.8. The van der Waals surface area contributed by atoms with Crippen LogP contribution < -0.4 is 4.90 Å². The van der Waals surface area contributed by atoms with E-state index in [-0.39, 0.29) is 5.91 Å². The van der Waals surface area contributed by atoms with Crippen LogP contribution in [0, 0.1) is 13.8 Å². The van der Waals surface area contributed by atoms with Crippen LogP contribution in [-0.2, 0) is 0 Å². The summed E-state index contributed by atoms with van der Waals surface area (Å²) in [5.41, 5.74) is 5.75. The van der Waals surface area contributed by atoms with E-state index in [9.17, 15) is 4.79 Å². The van der Waals surface area contributed by atoms with E-state index in [2.05, 4.69) is 52.1 Å². The lowest BCUT2D eigenvalue weighted by atomic mass is 10.1. The third-order valence-electron chi connectivity index (χ3n) is 5.01. The topological polar surface area (TPSA) is 65.1 Å². The number of aromatic amines is 1. The molecule has 0 aliphatic carbocycles. The van der Waals surface area contributed by atoms with Crippen LogP contribution in [0.15, 0.2) is 48.7 Å². The standard InChI is InChI=1S/C21H23N5O/c1-15-6-7-16(2)20(13-15)25-9-11-26(12-10-25)21(27)19-14-18(23-24-19)17-5-3-4-8-22-17/h3-8,13-14H,9-12H2,1-2H3,(H,23,24). The van der Waals surface area contributed by atoms with Crippen molar-refractivity contribution in [3.8, 4) is 11.4 Å². The minimum absolute atomic E-state index is 0.00899. The van der Waals surface area contributed by atoms with Gasteiger partial charge in [-0.3, -0.25) is 14.9 Å². The molecule has 3 heterocycles. The predicted molar refractivity (Wildman–Crippen MR) is 106 cm³/mol. The Morgan fingerprint density at radius 2 is 1.81 bits per heavy atom. The van der Waals surface area contributed by atoms with Gasteiger partial charge in [-0.05, 0) is 49.2 Å². The number of piperazine rings is 1. The third kappa shape index (κ3) is 3.56. The maximum absolute atomic E-state index is 12.8. The van der Waals surface area contributed by atoms with Crippen LogP contribution in [0.1, 0.15) is 21.6 Å². The van der Waals surface area contributed by atoms with Gasteiger partial charge in [-0.25, -0.2) is 0 Å². The lowest BCUT2D eigenvalue weighted by molar-refractivity contribution is 0.0741. The first-order chi connectivity index (χ1) is 13.1. The van der Waals surface area contributed by atoms with Gasteiger partial charge in [0.2, 0.25) is 0 Å². The van der Waals surface area contributed by atoms with Gasteiger partial charge in [0.15, 0.2) is 0 Å². The van der Waals surface area contributed by atoms with Gasteiger partial charge in [-0.2, -0.15) is 5.10 Å². The Balaban J connectivity index is 1.43. The number of hydrogen-bond donors (Lipinski definition) is 1. The van der Waals surface area contributed by atoms with Crippen LogP contribution in [0.4, 0.5) is 5.69 Å². The summed E-state index contributed by atoms with van der Waals surface area (Å²) in [5, 5.41) is 7.11. The molecule has 0 atom stereocenters. The Morgan fingerprint density at radius 3 is 2.56 bits per heavy atom. The number of hydrogen-bond acceptors (Lipinski definition) is 4. The normalized spacial score (nSPS) is 14.4. The number of aryl methyl sites for hydroxylation is 2. The van der Waals surface area contributed by atoms with Crippen LogP contribution in [0.25, 0.3) is 11.4 Å². The maximum Gasteiger partial charge on any atom is 0.272 e. The number of rotatable bonds is 3. The summed E-state index contributed by atoms with van der Waals surface area (Å²) in [6.07, 6.45) is 1.72. The molecule has 2 aromatic heterocycles. The van der Waals surface area contributed by atoms with Gasteiger partial charge in [-0.1, -0.05) is 18.2 Å². The highest BCUT2D eigenvalue weighted by Crippen LogP contribution is 2.23. The van der Waals surface area contributed by atoms with E-state index in [0.717, 1.165) is 18.8 Å². The lowest BCUT2D eigenvalue weighted by Crippen LogP contribution is -2.49. The summed E-state index contributed by atoms with van der Waals surface area (Å²) in [6.45, 7) is 7.30. The lowest BCUT2D eigenvalue weighted by Gasteiger charge is -2.36. The molecule has 0 unspecified atom stereocenters. The number of pyridine rings is 1. The molecule has 0 radical (unpaired) electrons. The van der Waals surface area contributed by atoms with Crippen LogP contribution in [0.3, 0.4) is 0 Å². The van der Waals surface area contributed by atoms with Gasteiger partial charge in [0, 0.05) is 38.1 Å². The summed E-state index contributed by atoms with van der Waals surface area (Å²) >= 11 is 0. The van der Waals surface area contributed by atoms with Crippen molar-refractivity contribution in [1.82, 2.24) is 20.1 Å². The van der Waals surface area contributed by atoms with Crippen molar-refractivity contribution < 1.29 is 4.79 Å². The molecule has 1 amide bonds. The van der Waals surface area contributed by atoms with Gasteiger partial charge in [0.05, 0.1) is 5.69 Å². The summed E-state index contributed by atoms with van der Waals surface area (Å²) < 4.78 is 0. The van der Waals surface area contributed by atoms with Crippen LogP contribution in [0.5, 0.6) is 0 Å². The first-order valence-corrected chi connectivity index (χ1v) is 9.20. The Bertz CT molecular complexity index is 942. The molecule has 1 aromatic carbocycles. The molecule has 0 bridgehead atoms. The number of aromatic nitrogens is 3. The van der Waals surface area contributed by atoms with E-state index in [1.165, 1.54) is 16.8 Å². The number of nitrogens with zero attached hydrogens (tertiary/aromatic N) is 4. The molecule has 0 saturated carbocycles. The molecule has 6 heteroatoms. The second kappa shape index (κ2) is 7.23. The third-order valence-corrected chi connectivity index (χ3v) is 5.01. The first kappa shape index (κ1) is 17.3. The molecule has 138 valence electrons. The second-order valence-corrected chi connectivity index (χ2v) is 6.95. The number of nitrogens with one attached hydrogen (secondary N) is 1. The number of anilines is 1. The SMILES string of the molecule is Cc1ccc(C)c(N2CCN(C(=O)c3cc(-c4ccccn4)n[nH]3)CC2)c1. The number of amides is 1. The van der Waals surface area contributed by atoms with Crippen molar-refractivity contribution in [2.75, 3.05) is 31.1 Å². The molecular weight excluding hydrogens is 338 g/mol. The fourth-order valence-corrected chi connectivity index (χ4v) is 3.46. The largest absolute Gasteiger partial charge is 0.368 e. The number of H-pyrrole nitrogens is 1. The molecule has 27 heavy (non-hydrogen) atoms. The summed E-state index contributed by atoms with van der Waals surface area (Å²) in [5.74, 6) is -0.00899. The molecule has 3 aromatic rings. The van der Waals surface area contributed by atoms with Crippen molar-refractivity contribution in [1.29, 1.82) is 0 Å². The van der Waals surface area contributed by atoms with Gasteiger partial charge >= 0.3 is 0 Å². The minimum atomic E-state index is -0.00899. The zero-order valence-corrected chi connectivity index (χ0v) is 15.6. The van der Waals surface area contributed by atoms with Crippen LogP contribution in [-0.4, -0.2) is 52.2 Å². The Hall–Kier alpha value is -3.15. The van der Waals surface area contributed by atoms with Gasteiger partial charge in [0.25, 0.3) is 5.91 Å². The predicted octanol–water partition coefficient (Wildman–Crippen LogP) is 3.05. The fourth-order valence-electron chi connectivity index (χ4n) is 3.46. The highest BCUT2D eigenvalue weighted by Gasteiger charge is 2.24. The van der Waals surface area contributed by atoms with E-state index in [1.807, 2.05) is 23.1 Å². The minimum Gasteiger partial charge on any atom is -0.368 e. The molecule has 1 aliphatic rings. The van der Waals surface area contributed by atoms with Crippen molar-refractivity contribution in [3.05, 3.63) is 65.5 Å². The quantitative estimate of drug-likeness (QED) is 0.779. The highest BCUT2D eigenvalue weighted by atomic mass is 16.2. The van der Waals surface area contributed by atoms with E-state index in [0.29, 0.717) is 24.5 Å². The van der Waals surface area contributed by atoms with Crippen molar-refractivity contribution >= 4 is 11.6 Å². The molecule has 0 spiro atoms. The van der Waals surface area contributed by atoms with Gasteiger partial charge < -0.3 is 9.80 Å². The van der Waals surface area contributed by atoms with E-state index in [4.69, 9.17) is 0 Å². The van der Waals surface area contributed by atoms with Crippen LogP contribution in [0.2, 0.25) is 0 Å². The Kier molecular flexibility index (Phi) is 4.62. The van der Waals surface area contributed by atoms with E-state index in [1.54, 1.807) is 12.3 Å². The molecule has 1 aliphatic heterocycles. The first-order valence-electron chi connectivity index (χ1n) is 9.20. The Morgan fingerprint density at radius 1 is 1.00 bits per heavy atom. The van der Waals surface area contributed by atoms with Gasteiger partial charge in [-0.15, -0.1) is 0 Å². The van der Waals surface area contributed by atoms with Crippen molar-refractivity contribution in [3.63, 3.8) is 0 Å². The smallest absolute Gasteiger partial charge is 0.272 e. The fraction of sp³-hybridized carbons (Fsp3) is 0.286. The summed E-state index contributed by atoms with van der Waals surface area (Å²) in [6, 6.07) is 13.9. The number of carbonyl (C=O) groups excluding carboxylic acids is 1. The molecule has 6 nitrogen and oxygen atoms in total. The van der Waals surface area contributed by atoms with Crippen molar-refractivity contribution in [2.24, 2.45) is 0 Å². The van der Waals surface area contributed by atoms with Gasteiger partial charge in [0.1, 0.15) is 11.4 Å². The molecule has 4 rings (SSSR count). The zero-order chi connectivity index (χ0) is 18.8. The number of carbonyl (C=O) groups is 1. The molecule has 1 N–H and O–H groups in total. The second-order valence-electron chi connectivity index (χ2n) is 6.95. The van der Waals surface area contributed by atoms with E-state index < -0.39 is 0 Å². The zero-order valence-electron chi connectivity index (χ0n) is 15.6. The number of benzene rings is 1. The van der Waals surface area contributed by atoms with Crippen LogP contribution >= 0.6 is 0 Å². The Labute approximate surface area is 158 Å². The summed E-state index contributed by atoms with van der Waals surface area (Å²) in [7, 11) is 0. The average Bonchev–Trinajstić information content (AvgIpc) is 3.20. The molecule has 1 saturated heterocycles. The monoisotopic (exact) mass is 361 g/mol. The molecular formula is C21H23N5O. The highest BCUT2D eigenvalue weighted by molar-refractivity contribution is 5.93. The summed E-state index contributed by atoms with van der Waals surface area (Å²) in [4.78, 5) is 21.3.